The molecule has 0 saturated heterocycles. The van der Waals surface area contributed by atoms with Gasteiger partial charge in [-0.15, -0.1) is 22.7 Å². The van der Waals surface area contributed by atoms with Crippen LogP contribution < -0.4 is 10.9 Å². The van der Waals surface area contributed by atoms with Crippen molar-refractivity contribution < 1.29 is 14.7 Å². The minimum Gasteiger partial charge on any atom is -0.506 e. The molecule has 2 aromatic heterocycles. The molecule has 3 aromatic rings. The minimum absolute atomic E-state index is 0.0395. The summed E-state index contributed by atoms with van der Waals surface area (Å²) in [5, 5.41) is 18.8. The number of carbonyl (C=O) groups is 2. The molecule has 0 aliphatic rings. The maximum absolute atomic E-state index is 12.4. The molecule has 11 heteroatoms. The van der Waals surface area contributed by atoms with Gasteiger partial charge in [0.2, 0.25) is 0 Å². The summed E-state index contributed by atoms with van der Waals surface area (Å²) in [5.41, 5.74) is 6.71. The van der Waals surface area contributed by atoms with E-state index in [0.29, 0.717) is 36.0 Å². The average molecular weight is 497 g/mol. The summed E-state index contributed by atoms with van der Waals surface area (Å²) in [5.74, 6) is -0.711. The molecule has 7 nitrogen and oxygen atoms in total. The molecule has 0 fully saturated rings. The van der Waals surface area contributed by atoms with Crippen LogP contribution in [0.3, 0.4) is 0 Å². The summed E-state index contributed by atoms with van der Waals surface area (Å²) in [4.78, 5) is 25.7. The fourth-order valence-corrected chi connectivity index (χ4v) is 4.63. The summed E-state index contributed by atoms with van der Waals surface area (Å²) >= 11 is 14.4. The van der Waals surface area contributed by atoms with Gasteiger partial charge >= 0.3 is 0 Å². The molecule has 3 N–H and O–H groups in total. The first kappa shape index (κ1) is 23.2. The largest absolute Gasteiger partial charge is 0.506 e. The first-order valence-corrected chi connectivity index (χ1v) is 11.3. The van der Waals surface area contributed by atoms with Gasteiger partial charge < -0.3 is 5.11 Å². The lowest BCUT2D eigenvalue weighted by atomic mass is 10.1. The molecule has 0 bridgehead atoms. The van der Waals surface area contributed by atoms with Gasteiger partial charge in [0.15, 0.2) is 0 Å². The van der Waals surface area contributed by atoms with Gasteiger partial charge in [0.1, 0.15) is 5.75 Å². The molecule has 0 radical (unpaired) electrons. The van der Waals surface area contributed by atoms with Gasteiger partial charge in [-0.05, 0) is 36.8 Å². The van der Waals surface area contributed by atoms with Gasteiger partial charge in [0, 0.05) is 19.5 Å². The van der Waals surface area contributed by atoms with Crippen LogP contribution in [0.5, 0.6) is 5.75 Å². The Morgan fingerprint density at radius 3 is 2.39 bits per heavy atom. The van der Waals surface area contributed by atoms with Gasteiger partial charge in [-0.1, -0.05) is 29.3 Å². The summed E-state index contributed by atoms with van der Waals surface area (Å²) < 4.78 is 0. The predicted molar refractivity (Wildman–Crippen MR) is 127 cm³/mol. The maximum atomic E-state index is 12.4. The molecule has 2 amide bonds. The van der Waals surface area contributed by atoms with Gasteiger partial charge in [-0.3, -0.25) is 15.0 Å². The molecule has 0 spiro atoms. The highest BCUT2D eigenvalue weighted by atomic mass is 35.5. The second-order valence-electron chi connectivity index (χ2n) is 6.59. The van der Waals surface area contributed by atoms with Crippen molar-refractivity contribution in [2.24, 2.45) is 5.10 Å². The Hall–Kier alpha value is -2.43. The van der Waals surface area contributed by atoms with Crippen molar-refractivity contribution in [1.82, 2.24) is 15.9 Å². The van der Waals surface area contributed by atoms with E-state index in [0.717, 1.165) is 16.9 Å². The number of hydrogen-bond donors (Lipinski definition) is 3. The summed E-state index contributed by atoms with van der Waals surface area (Å²) in [7, 11) is 3.40. The van der Waals surface area contributed by atoms with Crippen LogP contribution in [0.25, 0.3) is 10.4 Å². The lowest BCUT2D eigenvalue weighted by Crippen LogP contribution is -2.35. The zero-order chi connectivity index (χ0) is 22.7. The minimum atomic E-state index is -0.451. The van der Waals surface area contributed by atoms with Gasteiger partial charge in [0.25, 0.3) is 11.8 Å². The standard InChI is InChI=1S/C20H18Cl2N4O3S2/c1-10(12-9-30-18(17(12)27)11-4-5-13(21)14(22)8-11)23-24-19(28)15-6-7-16(31-15)20(29)25-26(2)3/h4-9,27H,1-3H3,(H,24,28)(H,25,29). The van der Waals surface area contributed by atoms with Crippen molar-refractivity contribution >= 4 is 63.4 Å². The first-order valence-electron chi connectivity index (χ1n) is 8.86. The summed E-state index contributed by atoms with van der Waals surface area (Å²) in [6.07, 6.45) is 0. The number of benzene rings is 1. The van der Waals surface area contributed by atoms with Crippen LogP contribution in [0.1, 0.15) is 31.8 Å². The lowest BCUT2D eigenvalue weighted by Gasteiger charge is -2.09. The number of hydrazine groups is 1. The zero-order valence-corrected chi connectivity index (χ0v) is 19.8. The molecule has 0 atom stereocenters. The Kier molecular flexibility index (Phi) is 7.34. The van der Waals surface area contributed by atoms with Crippen molar-refractivity contribution in [3.8, 4) is 16.2 Å². The van der Waals surface area contributed by atoms with Crippen LogP contribution in [0, 0.1) is 0 Å². The van der Waals surface area contributed by atoms with Crippen LogP contribution in [0.4, 0.5) is 0 Å². The molecule has 0 unspecified atom stereocenters. The maximum Gasteiger partial charge on any atom is 0.281 e. The molecular weight excluding hydrogens is 479 g/mol. The van der Waals surface area contributed by atoms with Crippen LogP contribution in [0.2, 0.25) is 10.0 Å². The second kappa shape index (κ2) is 9.80. The molecule has 3 rings (SSSR count). The Morgan fingerprint density at radius 2 is 1.74 bits per heavy atom. The molecule has 0 aliphatic heterocycles. The zero-order valence-electron chi connectivity index (χ0n) is 16.7. The smallest absolute Gasteiger partial charge is 0.281 e. The Bertz CT molecular complexity index is 1170. The molecule has 0 saturated carbocycles. The predicted octanol–water partition coefficient (Wildman–Crippen LogP) is 4.85. The second-order valence-corrected chi connectivity index (χ2v) is 9.37. The van der Waals surface area contributed by atoms with Crippen molar-refractivity contribution in [3.05, 3.63) is 61.1 Å². The van der Waals surface area contributed by atoms with E-state index in [-0.39, 0.29) is 11.7 Å². The lowest BCUT2D eigenvalue weighted by molar-refractivity contribution is 0.0861. The van der Waals surface area contributed by atoms with Gasteiger partial charge in [-0.25, -0.2) is 10.4 Å². The van der Waals surface area contributed by atoms with E-state index in [1.807, 2.05) is 0 Å². The molecular formula is C20H18Cl2N4O3S2. The van der Waals surface area contributed by atoms with Crippen LogP contribution in [-0.2, 0) is 0 Å². The monoisotopic (exact) mass is 496 g/mol. The Morgan fingerprint density at radius 1 is 1.06 bits per heavy atom. The van der Waals surface area contributed by atoms with E-state index in [9.17, 15) is 14.7 Å². The highest BCUT2D eigenvalue weighted by molar-refractivity contribution is 7.16. The number of hydrogen-bond acceptors (Lipinski definition) is 7. The number of carbonyl (C=O) groups excluding carboxylic acids is 2. The van der Waals surface area contributed by atoms with E-state index in [1.54, 1.807) is 56.7 Å². The molecule has 162 valence electrons. The van der Waals surface area contributed by atoms with Gasteiger partial charge in [0.05, 0.1) is 36.0 Å². The van der Waals surface area contributed by atoms with Crippen LogP contribution in [-0.4, -0.2) is 41.7 Å². The first-order chi connectivity index (χ1) is 14.7. The van der Waals surface area contributed by atoms with E-state index < -0.39 is 5.91 Å². The van der Waals surface area contributed by atoms with E-state index >= 15 is 0 Å². The third-order valence-electron chi connectivity index (χ3n) is 4.04. The Labute approximate surface area is 196 Å². The van der Waals surface area contributed by atoms with Gasteiger partial charge in [-0.2, -0.15) is 5.10 Å². The van der Waals surface area contributed by atoms with E-state index in [1.165, 1.54) is 16.3 Å². The number of nitrogens with zero attached hydrogens (tertiary/aromatic N) is 2. The molecule has 1 aromatic carbocycles. The molecule has 31 heavy (non-hydrogen) atoms. The number of nitrogens with one attached hydrogen (secondary N) is 2. The molecule has 2 heterocycles. The third-order valence-corrected chi connectivity index (χ3v) is 6.88. The van der Waals surface area contributed by atoms with Crippen molar-refractivity contribution in [3.63, 3.8) is 0 Å². The fraction of sp³-hybridized carbons (Fsp3) is 0.150. The number of hydrazone groups is 1. The summed E-state index contributed by atoms with van der Waals surface area (Å²) in [6.45, 7) is 1.67. The number of halogens is 2. The highest BCUT2D eigenvalue weighted by Gasteiger charge is 2.17. The third kappa shape index (κ3) is 5.44. The van der Waals surface area contributed by atoms with E-state index in [4.69, 9.17) is 23.2 Å². The fourth-order valence-electron chi connectivity index (χ4n) is 2.54. The van der Waals surface area contributed by atoms with Crippen molar-refractivity contribution in [2.75, 3.05) is 14.1 Å². The number of rotatable bonds is 6. The SMILES string of the molecule is CC(=NNC(=O)c1ccc(C(=O)NN(C)C)s1)c1csc(-c2ccc(Cl)c(Cl)c2)c1O. The van der Waals surface area contributed by atoms with Crippen LogP contribution in [0.15, 0.2) is 40.8 Å². The average Bonchev–Trinajstić information content (AvgIpc) is 3.35. The number of aromatic hydroxyl groups is 1. The number of amides is 2. The van der Waals surface area contributed by atoms with Crippen LogP contribution >= 0.6 is 45.9 Å². The van der Waals surface area contributed by atoms with Crippen molar-refractivity contribution in [1.29, 1.82) is 0 Å². The topological polar surface area (TPSA) is 94.0 Å². The quantitative estimate of drug-likeness (QED) is 0.335. The number of thiophene rings is 2. The molecule has 0 aliphatic carbocycles. The Balaban J connectivity index is 1.73. The summed E-state index contributed by atoms with van der Waals surface area (Å²) in [6, 6.07) is 8.23. The normalized spacial score (nSPS) is 11.6. The highest BCUT2D eigenvalue weighted by Crippen LogP contribution is 2.40. The van der Waals surface area contributed by atoms with E-state index in [2.05, 4.69) is 16.0 Å². The van der Waals surface area contributed by atoms with Crippen molar-refractivity contribution in [2.45, 2.75) is 6.92 Å².